The Balaban J connectivity index is 1.75. The van der Waals surface area contributed by atoms with Crippen molar-refractivity contribution in [1.82, 2.24) is 5.32 Å². The Morgan fingerprint density at radius 2 is 1.74 bits per heavy atom. The van der Waals surface area contributed by atoms with Crippen molar-refractivity contribution in [2.24, 2.45) is 0 Å². The number of methoxy groups -OCH3 is 2. The van der Waals surface area contributed by atoms with Crippen LogP contribution in [0.25, 0.3) is 0 Å². The molecule has 0 fully saturated rings. The second-order valence-corrected chi connectivity index (χ2v) is 8.42. The summed E-state index contributed by atoms with van der Waals surface area (Å²) in [6, 6.07) is 8.13. The predicted octanol–water partition coefficient (Wildman–Crippen LogP) is 3.72. The van der Waals surface area contributed by atoms with Crippen LogP contribution in [-0.4, -0.2) is 42.5 Å². The van der Waals surface area contributed by atoms with Crippen LogP contribution in [0.2, 0.25) is 0 Å². The molecule has 35 heavy (non-hydrogen) atoms. The van der Waals surface area contributed by atoms with E-state index >= 15 is 0 Å². The molecule has 1 heterocycles. The average molecular weight is 482 g/mol. The van der Waals surface area contributed by atoms with Crippen molar-refractivity contribution >= 4 is 17.4 Å². The highest BCUT2D eigenvalue weighted by Crippen LogP contribution is 2.46. The lowest BCUT2D eigenvalue weighted by molar-refractivity contribution is -0.386. The van der Waals surface area contributed by atoms with Crippen LogP contribution in [0, 0.1) is 10.1 Å². The lowest BCUT2D eigenvalue weighted by Gasteiger charge is -2.34. The second-order valence-electron chi connectivity index (χ2n) is 8.42. The summed E-state index contributed by atoms with van der Waals surface area (Å²) in [5, 5.41) is 24.6. The molecule has 2 aliphatic rings. The predicted molar refractivity (Wildman–Crippen MR) is 125 cm³/mol. The molecule has 10 heteroatoms. The zero-order valence-electron chi connectivity index (χ0n) is 19.6. The Bertz CT molecular complexity index is 1240. The minimum Gasteiger partial charge on any atom is -0.500 e. The Hall–Kier alpha value is -4.08. The molecule has 0 unspecified atom stereocenters. The number of phenolic OH excluding ortho intramolecular Hbond substituents is 1. The van der Waals surface area contributed by atoms with E-state index < -0.39 is 22.3 Å². The number of ether oxygens (including phenoxy) is 3. The number of hydrogen-bond acceptors (Lipinski definition) is 8. The van der Waals surface area contributed by atoms with Gasteiger partial charge in [-0.05, 0) is 48.6 Å². The van der Waals surface area contributed by atoms with Gasteiger partial charge in [0.15, 0.2) is 23.0 Å². The Morgan fingerprint density at radius 1 is 1.03 bits per heavy atom. The molecule has 1 aliphatic carbocycles. The van der Waals surface area contributed by atoms with Gasteiger partial charge in [-0.1, -0.05) is 6.07 Å². The number of carbonyl (C=O) groups is 2. The van der Waals surface area contributed by atoms with Gasteiger partial charge in [0.2, 0.25) is 11.7 Å². The molecule has 184 valence electrons. The summed E-state index contributed by atoms with van der Waals surface area (Å²) in [5.74, 6) is -0.835. The molecule has 0 saturated carbocycles. The molecule has 1 aliphatic heterocycles. The van der Waals surface area contributed by atoms with Crippen LogP contribution in [-0.2, 0) is 9.59 Å². The quantitative estimate of drug-likeness (QED) is 0.450. The molecule has 0 spiro atoms. The van der Waals surface area contributed by atoms with E-state index in [1.807, 2.05) is 12.1 Å². The minimum absolute atomic E-state index is 0.0426. The van der Waals surface area contributed by atoms with E-state index in [-0.39, 0.29) is 42.8 Å². The first kappa shape index (κ1) is 24.1. The topological polar surface area (TPSA) is 137 Å². The lowest BCUT2D eigenvalue weighted by Crippen LogP contribution is -2.38. The maximum absolute atomic E-state index is 13.4. The molecule has 2 aromatic rings. The molecular formula is C25H26N2O8. The Kier molecular flexibility index (Phi) is 6.63. The number of rotatable bonds is 7. The molecule has 1 amide bonds. The molecule has 2 atom stereocenters. The molecular weight excluding hydrogens is 456 g/mol. The lowest BCUT2D eigenvalue weighted by atomic mass is 9.73. The van der Waals surface area contributed by atoms with Crippen molar-refractivity contribution in [3.63, 3.8) is 0 Å². The highest BCUT2D eigenvalue weighted by molar-refractivity contribution is 6.02. The van der Waals surface area contributed by atoms with E-state index in [4.69, 9.17) is 14.2 Å². The van der Waals surface area contributed by atoms with Gasteiger partial charge in [-0.3, -0.25) is 19.7 Å². The van der Waals surface area contributed by atoms with E-state index in [0.29, 0.717) is 34.8 Å². The van der Waals surface area contributed by atoms with Crippen LogP contribution < -0.4 is 19.5 Å². The first-order valence-electron chi connectivity index (χ1n) is 11.2. The van der Waals surface area contributed by atoms with Crippen LogP contribution >= 0.6 is 0 Å². The van der Waals surface area contributed by atoms with Crippen molar-refractivity contribution < 1.29 is 33.8 Å². The van der Waals surface area contributed by atoms with Gasteiger partial charge in [0.05, 0.1) is 25.7 Å². The van der Waals surface area contributed by atoms with Gasteiger partial charge < -0.3 is 24.6 Å². The summed E-state index contributed by atoms with van der Waals surface area (Å²) < 4.78 is 16.1. The standard InChI is InChI=1S/C25H26N2O8/c1-4-35-22-11-15(8-18(25(22)30)27(31)32)16-12-23(29)26-17-7-14(9-19(28)24(16)17)13-5-6-20(33-2)21(10-13)34-3/h5-6,8,10-11,14,16,30H,4,7,9,12H2,1-3H3,(H,26,29)/t14-,16+/m1/s1. The van der Waals surface area contributed by atoms with Crippen LogP contribution in [0.5, 0.6) is 23.0 Å². The van der Waals surface area contributed by atoms with E-state index in [1.165, 1.54) is 19.2 Å². The number of carbonyl (C=O) groups excluding carboxylic acids is 2. The number of phenols is 1. The number of nitrogens with one attached hydrogen (secondary N) is 1. The van der Waals surface area contributed by atoms with Crippen molar-refractivity contribution in [1.29, 1.82) is 0 Å². The number of nitro benzene ring substituents is 1. The van der Waals surface area contributed by atoms with Gasteiger partial charge in [0.25, 0.3) is 0 Å². The monoisotopic (exact) mass is 482 g/mol. The molecule has 10 nitrogen and oxygen atoms in total. The molecule has 4 rings (SSSR count). The number of hydrogen-bond donors (Lipinski definition) is 2. The Labute approximate surface area is 201 Å². The molecule has 2 aromatic carbocycles. The minimum atomic E-state index is -0.713. The van der Waals surface area contributed by atoms with Crippen LogP contribution in [0.4, 0.5) is 5.69 Å². The number of ketones is 1. The summed E-state index contributed by atoms with van der Waals surface area (Å²) in [6.45, 7) is 1.87. The fourth-order valence-corrected chi connectivity index (χ4v) is 4.81. The number of allylic oxidation sites excluding steroid dienone is 2. The summed E-state index contributed by atoms with van der Waals surface area (Å²) in [7, 11) is 3.08. The fourth-order valence-electron chi connectivity index (χ4n) is 4.81. The van der Waals surface area contributed by atoms with Crippen molar-refractivity contribution in [3.8, 4) is 23.0 Å². The fraction of sp³-hybridized carbons (Fsp3) is 0.360. The third-order valence-corrected chi connectivity index (χ3v) is 6.39. The van der Waals surface area contributed by atoms with Crippen molar-refractivity contribution in [3.05, 3.63) is 62.8 Å². The summed E-state index contributed by atoms with van der Waals surface area (Å²) in [4.78, 5) is 36.8. The Morgan fingerprint density at radius 3 is 2.40 bits per heavy atom. The second kappa shape index (κ2) is 9.65. The summed E-state index contributed by atoms with van der Waals surface area (Å²) in [5.41, 5.74) is 1.65. The van der Waals surface area contributed by atoms with Gasteiger partial charge in [-0.25, -0.2) is 0 Å². The van der Waals surface area contributed by atoms with Gasteiger partial charge in [-0.15, -0.1) is 0 Å². The third-order valence-electron chi connectivity index (χ3n) is 6.39. The first-order valence-corrected chi connectivity index (χ1v) is 11.2. The summed E-state index contributed by atoms with van der Waals surface area (Å²) in [6.07, 6.45) is 0.579. The summed E-state index contributed by atoms with van der Waals surface area (Å²) >= 11 is 0. The number of benzene rings is 2. The number of nitro groups is 1. The largest absolute Gasteiger partial charge is 0.500 e. The van der Waals surface area contributed by atoms with E-state index in [9.17, 15) is 24.8 Å². The molecule has 0 radical (unpaired) electrons. The molecule has 2 N–H and O–H groups in total. The van der Waals surface area contributed by atoms with E-state index in [1.54, 1.807) is 20.1 Å². The SMILES string of the molecule is CCOc1cc([C@@H]2CC(=O)NC3=C2C(=O)C[C@H](c2ccc(OC)c(OC)c2)C3)cc([N+](=O)[O-])c1O. The third kappa shape index (κ3) is 4.51. The number of nitrogens with zero attached hydrogens (tertiary/aromatic N) is 1. The average Bonchev–Trinajstić information content (AvgIpc) is 2.83. The van der Waals surface area contributed by atoms with Gasteiger partial charge >= 0.3 is 5.69 Å². The zero-order chi connectivity index (χ0) is 25.3. The zero-order valence-corrected chi connectivity index (χ0v) is 19.6. The number of aromatic hydroxyl groups is 1. The number of amides is 1. The van der Waals surface area contributed by atoms with E-state index in [0.717, 1.165) is 5.56 Å². The van der Waals surface area contributed by atoms with Crippen LogP contribution in [0.3, 0.4) is 0 Å². The van der Waals surface area contributed by atoms with Gasteiger partial charge in [-0.2, -0.15) is 0 Å². The van der Waals surface area contributed by atoms with E-state index in [2.05, 4.69) is 5.32 Å². The molecule has 0 aromatic heterocycles. The highest BCUT2D eigenvalue weighted by Gasteiger charge is 2.39. The normalized spacial score (nSPS) is 19.6. The highest BCUT2D eigenvalue weighted by atomic mass is 16.6. The molecule has 0 bridgehead atoms. The molecule has 0 saturated heterocycles. The van der Waals surface area contributed by atoms with Gasteiger partial charge in [0.1, 0.15) is 0 Å². The van der Waals surface area contributed by atoms with Crippen LogP contribution in [0.15, 0.2) is 41.6 Å². The first-order chi connectivity index (χ1) is 16.8. The van der Waals surface area contributed by atoms with Crippen molar-refractivity contribution in [2.45, 2.75) is 38.0 Å². The van der Waals surface area contributed by atoms with Crippen molar-refractivity contribution in [2.75, 3.05) is 20.8 Å². The van der Waals surface area contributed by atoms with Crippen LogP contribution in [0.1, 0.15) is 49.1 Å². The number of Topliss-reactive ketones (excluding diaryl/α,β-unsaturated/α-hetero) is 1. The maximum Gasteiger partial charge on any atom is 0.314 e. The smallest absolute Gasteiger partial charge is 0.314 e. The van der Waals surface area contributed by atoms with Gasteiger partial charge in [0, 0.05) is 36.1 Å². The maximum atomic E-state index is 13.4.